The predicted molar refractivity (Wildman–Crippen MR) is 46.5 cm³/mol. The van der Waals surface area contributed by atoms with Gasteiger partial charge in [-0.15, -0.1) is 0 Å². The van der Waals surface area contributed by atoms with E-state index in [1.165, 1.54) is 7.11 Å². The standard InChI is InChI=1S/C9H10NO3/c1-13-10(9(12)7-11)8-5-3-2-4-6-8/h2-6H,7H2,1H3. The topological polar surface area (TPSA) is 49.4 Å². The van der Waals surface area contributed by atoms with Gasteiger partial charge in [0.05, 0.1) is 12.8 Å². The highest BCUT2D eigenvalue weighted by molar-refractivity contribution is 5.91. The molecule has 0 N–H and O–H groups in total. The van der Waals surface area contributed by atoms with Gasteiger partial charge in [-0.25, -0.2) is 5.11 Å². The first-order chi connectivity index (χ1) is 6.29. The molecule has 0 saturated carbocycles. The largest absolute Gasteiger partial charge is 0.280 e. The summed E-state index contributed by atoms with van der Waals surface area (Å²) in [5.74, 6) is -0.603. The van der Waals surface area contributed by atoms with Crippen molar-refractivity contribution < 1.29 is 14.7 Å². The molecule has 4 nitrogen and oxygen atoms in total. The Kier molecular flexibility index (Phi) is 3.42. The molecule has 1 rings (SSSR count). The maximum Gasteiger partial charge on any atom is 0.280 e. The van der Waals surface area contributed by atoms with Crippen LogP contribution >= 0.6 is 0 Å². The highest BCUT2D eigenvalue weighted by Crippen LogP contribution is 2.12. The Balaban J connectivity index is 2.85. The van der Waals surface area contributed by atoms with Crippen molar-refractivity contribution in [2.24, 2.45) is 0 Å². The fourth-order valence-electron chi connectivity index (χ4n) is 0.973. The second kappa shape index (κ2) is 4.59. The monoisotopic (exact) mass is 180 g/mol. The van der Waals surface area contributed by atoms with E-state index in [9.17, 15) is 9.90 Å². The molecule has 0 unspecified atom stereocenters. The lowest BCUT2D eigenvalue weighted by atomic mass is 10.3. The smallest absolute Gasteiger partial charge is 0.269 e. The van der Waals surface area contributed by atoms with E-state index >= 15 is 0 Å². The molecule has 1 aromatic carbocycles. The van der Waals surface area contributed by atoms with Crippen LogP contribution in [0.2, 0.25) is 0 Å². The highest BCUT2D eigenvalue weighted by atomic mass is 16.7. The van der Waals surface area contributed by atoms with Crippen LogP contribution in [0.3, 0.4) is 0 Å². The molecule has 1 radical (unpaired) electrons. The summed E-state index contributed by atoms with van der Waals surface area (Å²) in [6, 6.07) is 8.73. The summed E-state index contributed by atoms with van der Waals surface area (Å²) >= 11 is 0. The predicted octanol–water partition coefficient (Wildman–Crippen LogP) is 1.01. The van der Waals surface area contributed by atoms with E-state index in [1.54, 1.807) is 24.3 Å². The fraction of sp³-hybridized carbons (Fsp3) is 0.222. The minimum Gasteiger partial charge on any atom is -0.269 e. The van der Waals surface area contributed by atoms with Gasteiger partial charge in [0, 0.05) is 0 Å². The summed E-state index contributed by atoms with van der Waals surface area (Å²) < 4.78 is 0. The molecule has 0 aliphatic rings. The number of hydrogen-bond donors (Lipinski definition) is 0. The van der Waals surface area contributed by atoms with Gasteiger partial charge in [-0.05, 0) is 12.1 Å². The summed E-state index contributed by atoms with van der Waals surface area (Å²) in [4.78, 5) is 15.8. The van der Waals surface area contributed by atoms with Crippen LogP contribution in [0.1, 0.15) is 0 Å². The molecule has 0 heterocycles. The van der Waals surface area contributed by atoms with Gasteiger partial charge in [0.25, 0.3) is 5.91 Å². The zero-order chi connectivity index (χ0) is 9.68. The second-order valence-corrected chi connectivity index (χ2v) is 2.35. The summed E-state index contributed by atoms with van der Waals surface area (Å²) in [5.41, 5.74) is 0.561. The van der Waals surface area contributed by atoms with Crippen molar-refractivity contribution in [3.8, 4) is 0 Å². The average Bonchev–Trinajstić information content (AvgIpc) is 2.20. The number of hydrogen-bond acceptors (Lipinski definition) is 2. The van der Waals surface area contributed by atoms with E-state index in [0.717, 1.165) is 5.06 Å². The molecule has 0 saturated heterocycles. The number of carbonyl (C=O) groups is 1. The van der Waals surface area contributed by atoms with Crippen LogP contribution in [0.15, 0.2) is 30.3 Å². The first-order valence-electron chi connectivity index (χ1n) is 3.80. The average molecular weight is 180 g/mol. The van der Waals surface area contributed by atoms with E-state index in [4.69, 9.17) is 4.84 Å². The van der Waals surface area contributed by atoms with Crippen LogP contribution in [0.4, 0.5) is 5.69 Å². The minimum absolute atomic E-state index is 0.561. The lowest BCUT2D eigenvalue weighted by Crippen LogP contribution is -2.31. The molecular weight excluding hydrogens is 170 g/mol. The van der Waals surface area contributed by atoms with Crippen LogP contribution < -0.4 is 5.06 Å². The number of hydroxylamine groups is 1. The van der Waals surface area contributed by atoms with Gasteiger partial charge in [-0.3, -0.25) is 9.63 Å². The van der Waals surface area contributed by atoms with Crippen LogP contribution in [0.5, 0.6) is 0 Å². The molecule has 0 fully saturated rings. The van der Waals surface area contributed by atoms with Crippen molar-refractivity contribution in [1.82, 2.24) is 0 Å². The number of carbonyl (C=O) groups excluding carboxylic acids is 1. The molecule has 13 heavy (non-hydrogen) atoms. The third-order valence-electron chi connectivity index (χ3n) is 1.52. The maximum atomic E-state index is 11.0. The number of amides is 1. The van der Waals surface area contributed by atoms with Gasteiger partial charge < -0.3 is 0 Å². The summed E-state index contributed by atoms with van der Waals surface area (Å²) in [6.45, 7) is -0.817. The summed E-state index contributed by atoms with van der Waals surface area (Å²) in [7, 11) is 1.35. The Hall–Kier alpha value is -1.39. The van der Waals surface area contributed by atoms with Crippen molar-refractivity contribution in [3.05, 3.63) is 30.3 Å². The Labute approximate surface area is 76.3 Å². The Bertz CT molecular complexity index is 273. The van der Waals surface area contributed by atoms with Crippen molar-refractivity contribution in [2.45, 2.75) is 0 Å². The van der Waals surface area contributed by atoms with Crippen molar-refractivity contribution in [3.63, 3.8) is 0 Å². The molecule has 0 aliphatic heterocycles. The molecule has 0 aromatic heterocycles. The Morgan fingerprint density at radius 3 is 2.46 bits per heavy atom. The zero-order valence-electron chi connectivity index (χ0n) is 7.27. The quantitative estimate of drug-likeness (QED) is 0.652. The van der Waals surface area contributed by atoms with Gasteiger partial charge in [-0.2, -0.15) is 5.06 Å². The molecular formula is C9H10NO3. The normalized spacial score (nSPS) is 9.69. The van der Waals surface area contributed by atoms with Crippen LogP contribution in [-0.4, -0.2) is 19.6 Å². The van der Waals surface area contributed by atoms with E-state index < -0.39 is 12.5 Å². The molecule has 1 aromatic rings. The molecule has 0 aliphatic carbocycles. The maximum absolute atomic E-state index is 11.0. The van der Waals surface area contributed by atoms with Crippen LogP contribution in [0, 0.1) is 0 Å². The van der Waals surface area contributed by atoms with Crippen LogP contribution in [-0.2, 0) is 14.7 Å². The lowest BCUT2D eigenvalue weighted by Gasteiger charge is -2.17. The summed E-state index contributed by atoms with van der Waals surface area (Å²) in [5, 5.41) is 11.3. The molecule has 1 amide bonds. The van der Waals surface area contributed by atoms with Crippen molar-refractivity contribution >= 4 is 11.6 Å². The Morgan fingerprint density at radius 1 is 1.38 bits per heavy atom. The van der Waals surface area contributed by atoms with Crippen LogP contribution in [0.25, 0.3) is 0 Å². The highest BCUT2D eigenvalue weighted by Gasteiger charge is 2.13. The third kappa shape index (κ3) is 2.27. The second-order valence-electron chi connectivity index (χ2n) is 2.35. The number of para-hydroxylation sites is 1. The van der Waals surface area contributed by atoms with Gasteiger partial charge in [0.15, 0.2) is 6.61 Å². The Morgan fingerprint density at radius 2 is 2.00 bits per heavy atom. The number of rotatable bonds is 3. The number of anilines is 1. The summed E-state index contributed by atoms with van der Waals surface area (Å²) in [6.07, 6.45) is 0. The van der Waals surface area contributed by atoms with Gasteiger partial charge in [0.2, 0.25) is 0 Å². The zero-order valence-corrected chi connectivity index (χ0v) is 7.27. The SMILES string of the molecule is CON(C(=O)C[O])c1ccccc1. The van der Waals surface area contributed by atoms with Gasteiger partial charge in [0.1, 0.15) is 0 Å². The molecule has 0 atom stereocenters. The molecule has 4 heteroatoms. The van der Waals surface area contributed by atoms with Crippen molar-refractivity contribution in [1.29, 1.82) is 0 Å². The molecule has 69 valence electrons. The number of nitrogens with zero attached hydrogens (tertiary/aromatic N) is 1. The van der Waals surface area contributed by atoms with E-state index in [-0.39, 0.29) is 0 Å². The van der Waals surface area contributed by atoms with Gasteiger partial charge in [-0.1, -0.05) is 18.2 Å². The van der Waals surface area contributed by atoms with E-state index in [0.29, 0.717) is 5.69 Å². The first kappa shape index (κ1) is 9.70. The van der Waals surface area contributed by atoms with Crippen molar-refractivity contribution in [2.75, 3.05) is 18.8 Å². The minimum atomic E-state index is -0.817. The molecule has 0 bridgehead atoms. The first-order valence-corrected chi connectivity index (χ1v) is 3.80. The van der Waals surface area contributed by atoms with Gasteiger partial charge >= 0.3 is 0 Å². The van der Waals surface area contributed by atoms with E-state index in [1.807, 2.05) is 6.07 Å². The molecule has 0 spiro atoms. The lowest BCUT2D eigenvalue weighted by molar-refractivity contribution is -0.129. The van der Waals surface area contributed by atoms with E-state index in [2.05, 4.69) is 0 Å². The fourth-order valence-corrected chi connectivity index (χ4v) is 0.973. The number of benzene rings is 1. The third-order valence-corrected chi connectivity index (χ3v) is 1.52.